The van der Waals surface area contributed by atoms with Crippen molar-refractivity contribution in [2.45, 2.75) is 52.6 Å². The van der Waals surface area contributed by atoms with Gasteiger partial charge in [-0.3, -0.25) is 9.79 Å². The molecule has 10 heteroatoms. The first-order valence-electron chi connectivity index (χ1n) is 11.8. The first-order chi connectivity index (χ1) is 17.1. The Morgan fingerprint density at radius 1 is 1.28 bits per heavy atom. The molecule has 0 spiro atoms. The fourth-order valence-electron chi connectivity index (χ4n) is 2.60. The zero-order valence-corrected chi connectivity index (χ0v) is 22.2. The van der Waals surface area contributed by atoms with Crippen LogP contribution in [0.4, 0.5) is 10.5 Å². The van der Waals surface area contributed by atoms with Crippen LogP contribution in [-0.4, -0.2) is 74.2 Å². The van der Waals surface area contributed by atoms with E-state index in [2.05, 4.69) is 51.1 Å². The highest BCUT2D eigenvalue weighted by molar-refractivity contribution is 5.87. The fourth-order valence-corrected chi connectivity index (χ4v) is 2.60. The third-order valence-corrected chi connectivity index (χ3v) is 4.34. The van der Waals surface area contributed by atoms with E-state index in [0.29, 0.717) is 42.3 Å². The number of nitrogens with one attached hydrogen (secondary N) is 2. The van der Waals surface area contributed by atoms with Crippen LogP contribution in [0.2, 0.25) is 0 Å². The van der Waals surface area contributed by atoms with E-state index in [4.69, 9.17) is 9.47 Å². The molecule has 0 aliphatic carbocycles. The Morgan fingerprint density at radius 3 is 2.67 bits per heavy atom. The van der Waals surface area contributed by atoms with Crippen molar-refractivity contribution in [3.05, 3.63) is 29.7 Å². The van der Waals surface area contributed by atoms with E-state index in [1.807, 2.05) is 0 Å². The standard InChI is InChI=1S/C26H38N6O4/c1-8-14-30-24(27-5)20(18-31-21-13-16-29-23(17-21)35-7)12-10-9-11-15-28-22(33)19-32(6)25(34)36-26(2,3)4/h13,16-18,30H,5,8-9,11,14-15,19H2,1-4,6-7H3,(H,28,33)/b24-20+,31-18-. The molecular formula is C26H38N6O4. The van der Waals surface area contributed by atoms with Crippen molar-refractivity contribution in [3.63, 3.8) is 0 Å². The first kappa shape index (κ1) is 30.2. The summed E-state index contributed by atoms with van der Waals surface area (Å²) in [7, 11) is 3.07. The first-order valence-corrected chi connectivity index (χ1v) is 11.8. The molecule has 0 saturated heterocycles. The molecule has 0 unspecified atom stereocenters. The number of carbonyl (C=O) groups is 2. The summed E-state index contributed by atoms with van der Waals surface area (Å²) in [5.41, 5.74) is 0.646. The third kappa shape index (κ3) is 12.6. The summed E-state index contributed by atoms with van der Waals surface area (Å²) < 4.78 is 10.4. The number of aromatic nitrogens is 1. The molecule has 0 radical (unpaired) electrons. The van der Waals surface area contributed by atoms with Crippen molar-refractivity contribution in [1.29, 1.82) is 0 Å². The van der Waals surface area contributed by atoms with Gasteiger partial charge in [0.1, 0.15) is 18.0 Å². The highest BCUT2D eigenvalue weighted by Crippen LogP contribution is 2.16. The fraction of sp³-hybridized carbons (Fsp3) is 0.500. The largest absolute Gasteiger partial charge is 0.481 e. The highest BCUT2D eigenvalue weighted by Gasteiger charge is 2.20. The number of likely N-dealkylation sites (N-methyl/N-ethyl adjacent to an activating group) is 1. The molecule has 36 heavy (non-hydrogen) atoms. The minimum atomic E-state index is -0.614. The molecular weight excluding hydrogens is 460 g/mol. The van der Waals surface area contributed by atoms with Gasteiger partial charge in [-0.15, -0.1) is 0 Å². The number of unbranched alkanes of at least 4 members (excludes halogenated alkanes) is 1. The van der Waals surface area contributed by atoms with Gasteiger partial charge in [0.05, 0.1) is 18.4 Å². The van der Waals surface area contributed by atoms with Gasteiger partial charge in [-0.2, -0.15) is 0 Å². The molecule has 0 aromatic carbocycles. The smallest absolute Gasteiger partial charge is 0.410 e. The number of aliphatic imine (C=N–C) groups is 2. The molecule has 0 aliphatic heterocycles. The molecule has 10 nitrogen and oxygen atoms in total. The molecule has 1 aromatic rings. The molecule has 2 amide bonds. The highest BCUT2D eigenvalue weighted by atomic mass is 16.6. The molecule has 1 heterocycles. The van der Waals surface area contributed by atoms with E-state index >= 15 is 0 Å². The van der Waals surface area contributed by atoms with Crippen LogP contribution in [0, 0.1) is 11.8 Å². The van der Waals surface area contributed by atoms with Crippen molar-refractivity contribution in [1.82, 2.24) is 20.5 Å². The summed E-state index contributed by atoms with van der Waals surface area (Å²) in [6.07, 6.45) is 4.80. The Hall–Kier alpha value is -3.87. The molecule has 196 valence electrons. The van der Waals surface area contributed by atoms with E-state index < -0.39 is 11.7 Å². The molecule has 0 atom stereocenters. The van der Waals surface area contributed by atoms with Crippen LogP contribution < -0.4 is 15.4 Å². The average molecular weight is 499 g/mol. The van der Waals surface area contributed by atoms with Crippen molar-refractivity contribution in [3.8, 4) is 17.7 Å². The molecule has 2 N–H and O–H groups in total. The predicted octanol–water partition coefficient (Wildman–Crippen LogP) is 3.47. The second kappa shape index (κ2) is 15.9. The van der Waals surface area contributed by atoms with Crippen molar-refractivity contribution >= 4 is 30.6 Å². The lowest BCUT2D eigenvalue weighted by Crippen LogP contribution is -2.41. The van der Waals surface area contributed by atoms with Gasteiger partial charge >= 0.3 is 6.09 Å². The van der Waals surface area contributed by atoms with E-state index in [1.165, 1.54) is 11.9 Å². The second-order valence-electron chi connectivity index (χ2n) is 8.75. The maximum Gasteiger partial charge on any atom is 0.410 e. The lowest BCUT2D eigenvalue weighted by Gasteiger charge is -2.24. The third-order valence-electron chi connectivity index (χ3n) is 4.34. The van der Waals surface area contributed by atoms with E-state index in [9.17, 15) is 9.59 Å². The van der Waals surface area contributed by atoms with Gasteiger partial charge in [0.2, 0.25) is 11.8 Å². The number of nitrogens with zero attached hydrogens (tertiary/aromatic N) is 4. The monoisotopic (exact) mass is 498 g/mol. The SMILES string of the molecule is C=N/C(NCCC)=C(C#CCCCNC(=O)CN(C)C(=O)OC(C)(C)C)\C=N/c1ccnc(OC)c1. The number of methoxy groups -OCH3 is 1. The molecule has 0 bridgehead atoms. The maximum atomic E-state index is 12.1. The van der Waals surface area contributed by atoms with E-state index in [1.54, 1.807) is 52.4 Å². The second-order valence-corrected chi connectivity index (χ2v) is 8.75. The summed E-state index contributed by atoms with van der Waals surface area (Å²) in [4.78, 5) is 37.9. The zero-order valence-electron chi connectivity index (χ0n) is 22.2. The van der Waals surface area contributed by atoms with Crippen molar-refractivity contribution < 1.29 is 19.1 Å². The average Bonchev–Trinajstić information content (AvgIpc) is 2.83. The Kier molecular flexibility index (Phi) is 13.3. The summed E-state index contributed by atoms with van der Waals surface area (Å²) in [6, 6.07) is 3.47. The molecule has 0 fully saturated rings. The summed E-state index contributed by atoms with van der Waals surface area (Å²) in [5.74, 6) is 6.93. The van der Waals surface area contributed by atoms with Crippen LogP contribution in [0.1, 0.15) is 47.0 Å². The van der Waals surface area contributed by atoms with Gasteiger partial charge in [0.25, 0.3) is 0 Å². The maximum absolute atomic E-state index is 12.1. The van der Waals surface area contributed by atoms with Gasteiger partial charge in [-0.05, 0) is 46.4 Å². The quantitative estimate of drug-likeness (QED) is 0.259. The van der Waals surface area contributed by atoms with Crippen LogP contribution >= 0.6 is 0 Å². The minimum absolute atomic E-state index is 0.0821. The predicted molar refractivity (Wildman–Crippen MR) is 143 cm³/mol. The number of rotatable bonds is 12. The van der Waals surface area contributed by atoms with Crippen LogP contribution in [0.5, 0.6) is 5.88 Å². The summed E-state index contributed by atoms with van der Waals surface area (Å²) in [5, 5.41) is 5.99. The van der Waals surface area contributed by atoms with Crippen LogP contribution in [0.3, 0.4) is 0 Å². The number of ether oxygens (including phenoxy) is 2. The minimum Gasteiger partial charge on any atom is -0.481 e. The van der Waals surface area contributed by atoms with Crippen LogP contribution in [0.25, 0.3) is 0 Å². The number of allylic oxidation sites excluding steroid dienone is 1. The lowest BCUT2D eigenvalue weighted by atomic mass is 10.2. The lowest BCUT2D eigenvalue weighted by molar-refractivity contribution is -0.122. The normalized spacial score (nSPS) is 11.6. The zero-order chi connectivity index (χ0) is 27.0. The van der Waals surface area contributed by atoms with Gasteiger partial charge in [-0.1, -0.05) is 18.8 Å². The Morgan fingerprint density at radius 2 is 2.03 bits per heavy atom. The molecule has 1 aromatic heterocycles. The van der Waals surface area contributed by atoms with Crippen molar-refractivity contribution in [2.24, 2.45) is 9.98 Å². The molecule has 0 aliphatic rings. The Balaban J connectivity index is 2.70. The summed E-state index contributed by atoms with van der Waals surface area (Å²) >= 11 is 0. The van der Waals surface area contributed by atoms with Gasteiger partial charge in [-0.25, -0.2) is 14.8 Å². The van der Waals surface area contributed by atoms with Crippen molar-refractivity contribution in [2.75, 3.05) is 33.8 Å². The van der Waals surface area contributed by atoms with Crippen LogP contribution in [-0.2, 0) is 9.53 Å². The van der Waals surface area contributed by atoms with E-state index in [-0.39, 0.29) is 12.5 Å². The number of hydrogen-bond donors (Lipinski definition) is 2. The Bertz CT molecular complexity index is 1000. The molecule has 1 rings (SSSR count). The van der Waals surface area contributed by atoms with Crippen LogP contribution in [0.15, 0.2) is 39.7 Å². The summed E-state index contributed by atoms with van der Waals surface area (Å²) in [6.45, 7) is 12.1. The van der Waals surface area contributed by atoms with Gasteiger partial charge < -0.3 is 25.0 Å². The van der Waals surface area contributed by atoms with E-state index in [0.717, 1.165) is 13.0 Å². The number of amides is 2. The topological polar surface area (TPSA) is 118 Å². The number of carbonyl (C=O) groups excluding carboxylic acids is 2. The van der Waals surface area contributed by atoms with Gasteiger partial charge in [0, 0.05) is 45.0 Å². The van der Waals surface area contributed by atoms with Gasteiger partial charge in [0.15, 0.2) is 0 Å². The molecule has 0 saturated carbocycles. The Labute approximate surface area is 214 Å². The number of pyridine rings is 1. The number of hydrogen-bond acceptors (Lipinski definition) is 8.